The van der Waals surface area contributed by atoms with Crippen LogP contribution in [0.3, 0.4) is 0 Å². The van der Waals surface area contributed by atoms with Crippen LogP contribution in [0.4, 0.5) is 0 Å². The molecule has 0 radical (unpaired) electrons. The number of hydrogen-bond donors (Lipinski definition) is 1. The molecular weight excluding hydrogens is 240 g/mol. The number of amides is 1. The summed E-state index contributed by atoms with van der Waals surface area (Å²) < 4.78 is 0. The molecule has 2 aliphatic heterocycles. The first-order chi connectivity index (χ1) is 9.16. The van der Waals surface area contributed by atoms with E-state index in [0.29, 0.717) is 18.9 Å². The fourth-order valence-electron chi connectivity index (χ4n) is 2.73. The molecule has 19 heavy (non-hydrogen) atoms. The van der Waals surface area contributed by atoms with E-state index in [1.165, 1.54) is 12.8 Å². The largest absolute Gasteiger partial charge is 0.370 e. The van der Waals surface area contributed by atoms with Crippen molar-refractivity contribution in [3.63, 3.8) is 0 Å². The van der Waals surface area contributed by atoms with Crippen molar-refractivity contribution in [2.45, 2.75) is 39.0 Å². The summed E-state index contributed by atoms with van der Waals surface area (Å²) in [6.45, 7) is 6.63. The number of likely N-dealkylation sites (tertiary alicyclic amines) is 2. The van der Waals surface area contributed by atoms with Crippen LogP contribution in [0.2, 0.25) is 0 Å². The third kappa shape index (κ3) is 4.11. The van der Waals surface area contributed by atoms with Crippen molar-refractivity contribution in [3.8, 4) is 0 Å². The maximum Gasteiger partial charge on any atom is 0.224 e. The SMILES string of the molecule is CC1CCN(C(N)=NCCC(=O)N2CCCC2)CC1. The number of guanidine groups is 1. The second-order valence-electron chi connectivity index (χ2n) is 5.75. The molecule has 0 atom stereocenters. The second-order valence-corrected chi connectivity index (χ2v) is 5.75. The maximum absolute atomic E-state index is 11.8. The molecule has 2 heterocycles. The van der Waals surface area contributed by atoms with Crippen molar-refractivity contribution in [2.24, 2.45) is 16.6 Å². The molecule has 5 heteroatoms. The van der Waals surface area contributed by atoms with Gasteiger partial charge in [0, 0.05) is 32.6 Å². The van der Waals surface area contributed by atoms with Gasteiger partial charge in [-0.25, -0.2) is 0 Å². The Labute approximate surface area is 115 Å². The highest BCUT2D eigenvalue weighted by Gasteiger charge is 2.18. The van der Waals surface area contributed by atoms with Gasteiger partial charge in [-0.1, -0.05) is 6.92 Å². The Kier molecular flexibility index (Phi) is 5.05. The molecule has 1 amide bonds. The molecule has 5 nitrogen and oxygen atoms in total. The molecule has 0 aromatic carbocycles. The molecule has 0 unspecified atom stereocenters. The number of nitrogens with zero attached hydrogens (tertiary/aromatic N) is 3. The monoisotopic (exact) mass is 266 g/mol. The Morgan fingerprint density at radius 2 is 1.79 bits per heavy atom. The number of piperidine rings is 1. The zero-order chi connectivity index (χ0) is 13.7. The Hall–Kier alpha value is -1.26. The van der Waals surface area contributed by atoms with Gasteiger partial charge in [0.2, 0.25) is 5.91 Å². The van der Waals surface area contributed by atoms with Gasteiger partial charge in [-0.05, 0) is 31.6 Å². The summed E-state index contributed by atoms with van der Waals surface area (Å²) in [7, 11) is 0. The molecule has 0 spiro atoms. The van der Waals surface area contributed by atoms with Crippen LogP contribution < -0.4 is 5.73 Å². The molecule has 2 fully saturated rings. The van der Waals surface area contributed by atoms with Gasteiger partial charge >= 0.3 is 0 Å². The minimum absolute atomic E-state index is 0.223. The maximum atomic E-state index is 11.8. The molecule has 0 saturated carbocycles. The van der Waals surface area contributed by atoms with Crippen LogP contribution in [0, 0.1) is 5.92 Å². The summed E-state index contributed by atoms with van der Waals surface area (Å²) in [5.74, 6) is 1.63. The summed E-state index contributed by atoms with van der Waals surface area (Å²) in [6.07, 6.45) is 5.14. The smallest absolute Gasteiger partial charge is 0.224 e. The lowest BCUT2D eigenvalue weighted by atomic mass is 10.00. The molecule has 0 aromatic rings. The van der Waals surface area contributed by atoms with E-state index in [9.17, 15) is 4.79 Å². The molecule has 0 bridgehead atoms. The third-order valence-corrected chi connectivity index (χ3v) is 4.17. The lowest BCUT2D eigenvalue weighted by Crippen LogP contribution is -2.42. The predicted molar refractivity (Wildman–Crippen MR) is 76.9 cm³/mol. The minimum atomic E-state index is 0.223. The summed E-state index contributed by atoms with van der Waals surface area (Å²) in [5, 5.41) is 0. The van der Waals surface area contributed by atoms with Gasteiger partial charge in [-0.15, -0.1) is 0 Å². The molecule has 0 aliphatic carbocycles. The average molecular weight is 266 g/mol. The average Bonchev–Trinajstić information content (AvgIpc) is 2.93. The van der Waals surface area contributed by atoms with Gasteiger partial charge in [0.15, 0.2) is 5.96 Å². The van der Waals surface area contributed by atoms with Gasteiger partial charge in [0.1, 0.15) is 0 Å². The highest BCUT2D eigenvalue weighted by molar-refractivity contribution is 5.79. The number of hydrogen-bond acceptors (Lipinski definition) is 2. The van der Waals surface area contributed by atoms with Gasteiger partial charge in [-0.3, -0.25) is 9.79 Å². The highest BCUT2D eigenvalue weighted by Crippen LogP contribution is 2.15. The number of carbonyl (C=O) groups is 1. The van der Waals surface area contributed by atoms with Crippen LogP contribution in [-0.2, 0) is 4.79 Å². The van der Waals surface area contributed by atoms with E-state index in [-0.39, 0.29) is 5.91 Å². The molecule has 2 N–H and O–H groups in total. The van der Waals surface area contributed by atoms with E-state index in [1.807, 2.05) is 4.90 Å². The first kappa shape index (κ1) is 14.2. The standard InChI is InChI=1S/C14H26N4O/c1-12-5-10-18(11-6-12)14(15)16-7-4-13(19)17-8-2-3-9-17/h12H,2-11H2,1H3,(H2,15,16). The van der Waals surface area contributed by atoms with Crippen LogP contribution in [0.25, 0.3) is 0 Å². The van der Waals surface area contributed by atoms with Crippen LogP contribution in [0.1, 0.15) is 39.0 Å². The lowest BCUT2D eigenvalue weighted by Gasteiger charge is -2.31. The van der Waals surface area contributed by atoms with Crippen molar-refractivity contribution < 1.29 is 4.79 Å². The van der Waals surface area contributed by atoms with E-state index < -0.39 is 0 Å². The van der Waals surface area contributed by atoms with Crippen molar-refractivity contribution in [1.29, 1.82) is 0 Å². The molecule has 0 aromatic heterocycles. The Balaban J connectivity index is 1.70. The summed E-state index contributed by atoms with van der Waals surface area (Å²) >= 11 is 0. The summed E-state index contributed by atoms with van der Waals surface area (Å²) in [6, 6.07) is 0. The Morgan fingerprint density at radius 3 is 2.42 bits per heavy atom. The van der Waals surface area contributed by atoms with E-state index >= 15 is 0 Å². The molecular formula is C14H26N4O. The quantitative estimate of drug-likeness (QED) is 0.613. The van der Waals surface area contributed by atoms with Crippen molar-refractivity contribution >= 4 is 11.9 Å². The van der Waals surface area contributed by atoms with E-state index in [1.54, 1.807) is 0 Å². The lowest BCUT2D eigenvalue weighted by molar-refractivity contribution is -0.129. The summed E-state index contributed by atoms with van der Waals surface area (Å²) in [5.41, 5.74) is 5.98. The first-order valence-corrected chi connectivity index (χ1v) is 7.49. The highest BCUT2D eigenvalue weighted by atomic mass is 16.2. The van der Waals surface area contributed by atoms with Crippen LogP contribution >= 0.6 is 0 Å². The fourth-order valence-corrected chi connectivity index (χ4v) is 2.73. The van der Waals surface area contributed by atoms with Crippen molar-refractivity contribution in [1.82, 2.24) is 9.80 Å². The zero-order valence-electron chi connectivity index (χ0n) is 12.0. The second kappa shape index (κ2) is 6.78. The van der Waals surface area contributed by atoms with E-state index in [2.05, 4.69) is 16.8 Å². The number of rotatable bonds is 3. The number of nitrogens with two attached hydrogens (primary N) is 1. The first-order valence-electron chi connectivity index (χ1n) is 7.49. The molecule has 2 rings (SSSR count). The number of aliphatic imine (C=N–C) groups is 1. The fraction of sp³-hybridized carbons (Fsp3) is 0.857. The molecule has 108 valence electrons. The zero-order valence-corrected chi connectivity index (χ0v) is 12.0. The molecule has 2 saturated heterocycles. The van der Waals surface area contributed by atoms with Gasteiger partial charge < -0.3 is 15.5 Å². The van der Waals surface area contributed by atoms with Crippen LogP contribution in [-0.4, -0.2) is 54.4 Å². The van der Waals surface area contributed by atoms with E-state index in [0.717, 1.165) is 44.9 Å². The normalized spacial score (nSPS) is 22.1. The van der Waals surface area contributed by atoms with Crippen LogP contribution in [0.15, 0.2) is 4.99 Å². The van der Waals surface area contributed by atoms with Gasteiger partial charge in [-0.2, -0.15) is 0 Å². The predicted octanol–water partition coefficient (Wildman–Crippen LogP) is 1.05. The minimum Gasteiger partial charge on any atom is -0.370 e. The molecule has 2 aliphatic rings. The van der Waals surface area contributed by atoms with Crippen molar-refractivity contribution in [2.75, 3.05) is 32.7 Å². The third-order valence-electron chi connectivity index (χ3n) is 4.17. The Morgan fingerprint density at radius 1 is 1.16 bits per heavy atom. The van der Waals surface area contributed by atoms with Gasteiger partial charge in [0.05, 0.1) is 6.54 Å². The van der Waals surface area contributed by atoms with Crippen LogP contribution in [0.5, 0.6) is 0 Å². The van der Waals surface area contributed by atoms with Gasteiger partial charge in [0.25, 0.3) is 0 Å². The topological polar surface area (TPSA) is 61.9 Å². The summed E-state index contributed by atoms with van der Waals surface area (Å²) in [4.78, 5) is 20.3. The Bertz CT molecular complexity index is 328. The number of carbonyl (C=O) groups excluding carboxylic acids is 1. The van der Waals surface area contributed by atoms with Crippen molar-refractivity contribution in [3.05, 3.63) is 0 Å². The van der Waals surface area contributed by atoms with E-state index in [4.69, 9.17) is 5.73 Å².